The predicted octanol–water partition coefficient (Wildman–Crippen LogP) is 3.01. The zero-order valence-corrected chi connectivity index (χ0v) is 11.9. The summed E-state index contributed by atoms with van der Waals surface area (Å²) >= 11 is 2.19. The van der Waals surface area contributed by atoms with Crippen LogP contribution in [0.4, 0.5) is 0 Å². The van der Waals surface area contributed by atoms with Gasteiger partial charge < -0.3 is 10.5 Å². The number of halogens is 1. The van der Waals surface area contributed by atoms with Gasteiger partial charge in [0, 0.05) is 6.42 Å². The van der Waals surface area contributed by atoms with Crippen molar-refractivity contribution in [3.05, 3.63) is 35.9 Å². The molecule has 0 bridgehead atoms. The summed E-state index contributed by atoms with van der Waals surface area (Å²) in [4.78, 5) is 11.4. The van der Waals surface area contributed by atoms with Crippen molar-refractivity contribution in [3.63, 3.8) is 0 Å². The van der Waals surface area contributed by atoms with Crippen LogP contribution in [0.2, 0.25) is 0 Å². The number of nitrogens with two attached hydrogens (primary N) is 1. The van der Waals surface area contributed by atoms with Crippen LogP contribution in [0.15, 0.2) is 30.3 Å². The standard InChI is InChI=1S/C13H18INO2/c14-12(15)8-4-5-9-13(16)17-10-11-6-2-1-3-7-11/h1-3,6-7,12H,4-5,8-10,15H2. The number of benzene rings is 1. The molecule has 1 rings (SSSR count). The number of carbonyl (C=O) groups is 1. The summed E-state index contributed by atoms with van der Waals surface area (Å²) in [6.45, 7) is 0.367. The lowest BCUT2D eigenvalue weighted by Gasteiger charge is -2.05. The number of hydrogen-bond donors (Lipinski definition) is 1. The van der Waals surface area contributed by atoms with Gasteiger partial charge in [-0.2, -0.15) is 0 Å². The van der Waals surface area contributed by atoms with Gasteiger partial charge in [0.2, 0.25) is 0 Å². The van der Waals surface area contributed by atoms with Crippen LogP contribution in [-0.4, -0.2) is 10.0 Å². The van der Waals surface area contributed by atoms with E-state index in [1.807, 2.05) is 30.3 Å². The molecule has 3 nitrogen and oxygen atoms in total. The van der Waals surface area contributed by atoms with Crippen LogP contribution in [0, 0.1) is 0 Å². The van der Waals surface area contributed by atoms with Crippen molar-refractivity contribution in [2.24, 2.45) is 5.73 Å². The van der Waals surface area contributed by atoms with E-state index >= 15 is 0 Å². The summed E-state index contributed by atoms with van der Waals surface area (Å²) in [5, 5.41) is 0. The van der Waals surface area contributed by atoms with Crippen LogP contribution >= 0.6 is 22.6 Å². The molecule has 0 amide bonds. The highest BCUT2D eigenvalue weighted by atomic mass is 127. The molecule has 2 N–H and O–H groups in total. The summed E-state index contributed by atoms with van der Waals surface area (Å²) < 4.78 is 5.35. The van der Waals surface area contributed by atoms with Crippen LogP contribution in [0.25, 0.3) is 0 Å². The third kappa shape index (κ3) is 7.33. The lowest BCUT2D eigenvalue weighted by Crippen LogP contribution is -2.10. The Morgan fingerprint density at radius 3 is 2.65 bits per heavy atom. The molecule has 0 saturated heterocycles. The monoisotopic (exact) mass is 347 g/mol. The number of carbonyl (C=O) groups excluding carboxylic acids is 1. The molecule has 1 unspecified atom stereocenters. The van der Waals surface area contributed by atoms with Gasteiger partial charge in [0.25, 0.3) is 0 Å². The summed E-state index contributed by atoms with van der Waals surface area (Å²) in [6.07, 6.45) is 3.26. The molecule has 0 heterocycles. The fourth-order valence-corrected chi connectivity index (χ4v) is 1.86. The highest BCUT2D eigenvalue weighted by Gasteiger charge is 2.04. The van der Waals surface area contributed by atoms with Gasteiger partial charge >= 0.3 is 5.97 Å². The number of rotatable bonds is 7. The predicted molar refractivity (Wildman–Crippen MR) is 76.7 cm³/mol. The highest BCUT2D eigenvalue weighted by Crippen LogP contribution is 2.08. The number of unbranched alkanes of at least 4 members (excludes halogenated alkanes) is 1. The van der Waals surface area contributed by atoms with Gasteiger partial charge in [0.05, 0.1) is 4.05 Å². The lowest BCUT2D eigenvalue weighted by atomic mass is 10.2. The zero-order valence-electron chi connectivity index (χ0n) is 9.77. The van der Waals surface area contributed by atoms with Gasteiger partial charge in [-0.05, 0) is 18.4 Å². The molecule has 0 spiro atoms. The lowest BCUT2D eigenvalue weighted by molar-refractivity contribution is -0.145. The van der Waals surface area contributed by atoms with Gasteiger partial charge in [0.1, 0.15) is 6.61 Å². The van der Waals surface area contributed by atoms with Gasteiger partial charge in [-0.3, -0.25) is 4.79 Å². The molecule has 0 aliphatic rings. The second-order valence-corrected chi connectivity index (χ2v) is 5.51. The molecule has 1 aromatic rings. The minimum atomic E-state index is -0.129. The van der Waals surface area contributed by atoms with E-state index in [-0.39, 0.29) is 10.0 Å². The van der Waals surface area contributed by atoms with Crippen molar-refractivity contribution in [3.8, 4) is 0 Å². The zero-order chi connectivity index (χ0) is 12.5. The van der Waals surface area contributed by atoms with E-state index in [0.717, 1.165) is 24.8 Å². The second-order valence-electron chi connectivity index (χ2n) is 3.91. The van der Waals surface area contributed by atoms with Gasteiger partial charge in [-0.15, -0.1) is 0 Å². The number of alkyl halides is 1. The Kier molecular flexibility index (Phi) is 7.19. The van der Waals surface area contributed by atoms with E-state index < -0.39 is 0 Å². The van der Waals surface area contributed by atoms with Crippen molar-refractivity contribution in [1.82, 2.24) is 0 Å². The van der Waals surface area contributed by atoms with Gasteiger partial charge in [-0.1, -0.05) is 59.3 Å². The van der Waals surface area contributed by atoms with E-state index in [1.165, 1.54) is 0 Å². The fourth-order valence-electron chi connectivity index (χ4n) is 1.42. The largest absolute Gasteiger partial charge is 0.461 e. The Balaban J connectivity index is 2.09. The SMILES string of the molecule is NC(I)CCCCC(=O)OCc1ccccc1. The Hall–Kier alpha value is -0.620. The first-order valence-corrected chi connectivity index (χ1v) is 7.02. The molecule has 0 radical (unpaired) electrons. The molecule has 4 heteroatoms. The van der Waals surface area contributed by atoms with Crippen molar-refractivity contribution in [2.45, 2.75) is 36.3 Å². The van der Waals surface area contributed by atoms with Crippen molar-refractivity contribution >= 4 is 28.6 Å². The Morgan fingerprint density at radius 2 is 2.00 bits per heavy atom. The van der Waals surface area contributed by atoms with Gasteiger partial charge in [-0.25, -0.2) is 0 Å². The third-order valence-electron chi connectivity index (χ3n) is 2.35. The summed E-state index contributed by atoms with van der Waals surface area (Å²) in [6, 6.07) is 9.71. The Labute approximate surface area is 116 Å². The number of hydrogen-bond acceptors (Lipinski definition) is 3. The third-order valence-corrected chi connectivity index (χ3v) is 2.98. The molecule has 94 valence electrons. The minimum Gasteiger partial charge on any atom is -0.461 e. The molecule has 1 atom stereocenters. The van der Waals surface area contributed by atoms with Crippen LogP contribution in [0.5, 0.6) is 0 Å². The van der Waals surface area contributed by atoms with Gasteiger partial charge in [0.15, 0.2) is 0 Å². The maximum Gasteiger partial charge on any atom is 0.306 e. The number of ether oxygens (including phenoxy) is 1. The molecule has 1 aromatic carbocycles. The maximum absolute atomic E-state index is 11.4. The molecule has 0 aliphatic heterocycles. The van der Waals surface area contributed by atoms with E-state index in [4.69, 9.17) is 10.5 Å². The Bertz CT molecular complexity index is 327. The van der Waals surface area contributed by atoms with Crippen molar-refractivity contribution in [1.29, 1.82) is 0 Å². The fraction of sp³-hybridized carbons (Fsp3) is 0.462. The molecule has 17 heavy (non-hydrogen) atoms. The first kappa shape index (κ1) is 14.4. The van der Waals surface area contributed by atoms with E-state index in [2.05, 4.69) is 22.6 Å². The summed E-state index contributed by atoms with van der Waals surface area (Å²) in [5.41, 5.74) is 6.64. The van der Waals surface area contributed by atoms with Crippen LogP contribution < -0.4 is 5.73 Å². The van der Waals surface area contributed by atoms with Crippen LogP contribution in [0.3, 0.4) is 0 Å². The average molecular weight is 347 g/mol. The van der Waals surface area contributed by atoms with Crippen LogP contribution in [0.1, 0.15) is 31.2 Å². The molecule has 0 fully saturated rings. The molecular weight excluding hydrogens is 329 g/mol. The molecule has 0 saturated carbocycles. The normalized spacial score (nSPS) is 12.1. The summed E-state index contributed by atoms with van der Waals surface area (Å²) in [5.74, 6) is -0.129. The minimum absolute atomic E-state index is 0.129. The molecule has 0 aromatic heterocycles. The molecular formula is C13H18INO2. The first-order valence-electron chi connectivity index (χ1n) is 5.77. The average Bonchev–Trinajstić information content (AvgIpc) is 2.33. The topological polar surface area (TPSA) is 52.3 Å². The smallest absolute Gasteiger partial charge is 0.306 e. The maximum atomic E-state index is 11.4. The summed E-state index contributed by atoms with van der Waals surface area (Å²) in [7, 11) is 0. The van der Waals surface area contributed by atoms with Crippen LogP contribution in [-0.2, 0) is 16.1 Å². The highest BCUT2D eigenvalue weighted by molar-refractivity contribution is 14.1. The van der Waals surface area contributed by atoms with Crippen molar-refractivity contribution < 1.29 is 9.53 Å². The van der Waals surface area contributed by atoms with E-state index in [1.54, 1.807) is 0 Å². The van der Waals surface area contributed by atoms with E-state index in [9.17, 15) is 4.79 Å². The first-order chi connectivity index (χ1) is 8.18. The Morgan fingerprint density at radius 1 is 1.29 bits per heavy atom. The number of esters is 1. The second kappa shape index (κ2) is 8.47. The van der Waals surface area contributed by atoms with E-state index in [0.29, 0.717) is 13.0 Å². The van der Waals surface area contributed by atoms with Crippen molar-refractivity contribution in [2.75, 3.05) is 0 Å². The quantitative estimate of drug-likeness (QED) is 0.271. The molecule has 0 aliphatic carbocycles.